The quantitative estimate of drug-likeness (QED) is 0.186. The van der Waals surface area contributed by atoms with Crippen molar-refractivity contribution in [3.05, 3.63) is 77.4 Å². The summed E-state index contributed by atoms with van der Waals surface area (Å²) in [6.07, 6.45) is 0.969. The van der Waals surface area contributed by atoms with E-state index in [1.807, 2.05) is 19.1 Å². The molecule has 2 aromatic rings. The molecule has 1 N–H and O–H groups in total. The molecule has 9 nitrogen and oxygen atoms in total. The molecule has 1 aliphatic heterocycles. The van der Waals surface area contributed by atoms with E-state index in [4.69, 9.17) is 14.6 Å². The van der Waals surface area contributed by atoms with E-state index in [9.17, 15) is 24.0 Å². The van der Waals surface area contributed by atoms with E-state index < -0.39 is 47.9 Å². The molecule has 1 heterocycles. The van der Waals surface area contributed by atoms with Crippen LogP contribution in [0.4, 0.5) is 4.79 Å². The van der Waals surface area contributed by atoms with Gasteiger partial charge in [0.05, 0.1) is 12.0 Å². The molecule has 224 valence electrons. The molecule has 42 heavy (non-hydrogen) atoms. The van der Waals surface area contributed by atoms with Gasteiger partial charge in [0.25, 0.3) is 0 Å². The van der Waals surface area contributed by atoms with Crippen LogP contribution in [0.15, 0.2) is 60.7 Å². The van der Waals surface area contributed by atoms with Crippen LogP contribution < -0.4 is 0 Å². The number of rotatable bonds is 14. The van der Waals surface area contributed by atoms with E-state index in [1.54, 1.807) is 49.4 Å². The number of hydrogen-bond acceptors (Lipinski definition) is 8. The van der Waals surface area contributed by atoms with Crippen molar-refractivity contribution in [2.45, 2.75) is 78.0 Å². The first-order valence-electron chi connectivity index (χ1n) is 14.3. The van der Waals surface area contributed by atoms with Crippen LogP contribution in [0.2, 0.25) is 0 Å². The number of aryl methyl sites for hydroxylation is 1. The number of allylic oxidation sites excluding steroid dienone is 1. The van der Waals surface area contributed by atoms with Crippen molar-refractivity contribution in [2.75, 3.05) is 6.61 Å². The molecule has 0 spiro atoms. The first-order valence-corrected chi connectivity index (χ1v) is 14.3. The van der Waals surface area contributed by atoms with Crippen molar-refractivity contribution < 1.29 is 38.6 Å². The number of amides is 2. The summed E-state index contributed by atoms with van der Waals surface area (Å²) in [6.45, 7) is 6.16. The summed E-state index contributed by atoms with van der Waals surface area (Å²) < 4.78 is 10.8. The zero-order chi connectivity index (χ0) is 30.8. The van der Waals surface area contributed by atoms with Gasteiger partial charge in [-0.2, -0.15) is 0 Å². The van der Waals surface area contributed by atoms with Crippen LogP contribution in [0.3, 0.4) is 0 Å². The van der Waals surface area contributed by atoms with E-state index in [2.05, 4.69) is 0 Å². The minimum Gasteiger partial charge on any atom is -0.453 e. The first-order chi connectivity index (χ1) is 20.0. The number of benzene rings is 2. The number of carbonyl (C=O) groups is 5. The summed E-state index contributed by atoms with van der Waals surface area (Å²) in [7, 11) is 0. The van der Waals surface area contributed by atoms with Gasteiger partial charge < -0.3 is 14.6 Å². The predicted octanol–water partition coefficient (Wildman–Crippen LogP) is 5.14. The van der Waals surface area contributed by atoms with Gasteiger partial charge in [0.15, 0.2) is 17.7 Å². The monoisotopic (exact) mass is 577 g/mol. The number of carbonyl (C=O) groups excluding carboxylic acids is 5. The highest BCUT2D eigenvalue weighted by atomic mass is 16.6. The lowest BCUT2D eigenvalue weighted by Crippen LogP contribution is -2.47. The Morgan fingerprint density at radius 2 is 1.71 bits per heavy atom. The number of aliphatic hydroxyl groups is 1. The summed E-state index contributed by atoms with van der Waals surface area (Å²) in [5, 5.41) is 9.00. The van der Waals surface area contributed by atoms with E-state index in [1.165, 1.54) is 6.92 Å². The summed E-state index contributed by atoms with van der Waals surface area (Å²) >= 11 is 0. The maximum atomic E-state index is 13.7. The summed E-state index contributed by atoms with van der Waals surface area (Å²) in [5.74, 6) is -3.76. The van der Waals surface area contributed by atoms with Crippen molar-refractivity contribution in [3.63, 3.8) is 0 Å². The number of Topliss-reactive ketones (excluding diaryl/α,β-unsaturated/α-hetero) is 1. The Bertz CT molecular complexity index is 1320. The van der Waals surface area contributed by atoms with Gasteiger partial charge in [0.2, 0.25) is 5.91 Å². The van der Waals surface area contributed by atoms with Crippen molar-refractivity contribution in [3.8, 4) is 0 Å². The number of imide groups is 1. The number of aliphatic hydroxyl groups excluding tert-OH is 1. The number of unbranched alkanes of at least 4 members (excludes halogenated alkanes) is 3. The van der Waals surface area contributed by atoms with Crippen molar-refractivity contribution in [2.24, 2.45) is 5.92 Å². The highest BCUT2D eigenvalue weighted by Gasteiger charge is 2.47. The molecule has 0 saturated carbocycles. The van der Waals surface area contributed by atoms with Crippen molar-refractivity contribution in [1.29, 1.82) is 0 Å². The zero-order valence-corrected chi connectivity index (χ0v) is 24.6. The molecule has 4 atom stereocenters. The van der Waals surface area contributed by atoms with Gasteiger partial charge in [-0.05, 0) is 50.8 Å². The molecule has 2 amide bonds. The fourth-order valence-electron chi connectivity index (χ4n) is 5.03. The normalized spacial score (nSPS) is 18.3. The lowest BCUT2D eigenvalue weighted by atomic mass is 9.92. The van der Waals surface area contributed by atoms with Gasteiger partial charge in [-0.3, -0.25) is 19.2 Å². The Hall–Kier alpha value is -4.11. The third kappa shape index (κ3) is 8.22. The lowest BCUT2D eigenvalue weighted by Gasteiger charge is -2.26. The van der Waals surface area contributed by atoms with Gasteiger partial charge >= 0.3 is 12.1 Å². The van der Waals surface area contributed by atoms with Gasteiger partial charge in [-0.25, -0.2) is 9.69 Å². The molecule has 0 radical (unpaired) electrons. The summed E-state index contributed by atoms with van der Waals surface area (Å²) in [6, 6.07) is 15.5. The minimum atomic E-state index is -1.57. The SMILES string of the molecule is CC(=O)OC(C(=O)C=C(C(=O)CCCCCCO)c1cccc(C)c1)C(C)C(=O)N1C(=O)OC(c2ccccc2)C1C. The number of esters is 1. The van der Waals surface area contributed by atoms with Crippen molar-refractivity contribution in [1.82, 2.24) is 4.90 Å². The third-order valence-electron chi connectivity index (χ3n) is 7.28. The number of ketones is 2. The van der Waals surface area contributed by atoms with Gasteiger partial charge in [-0.15, -0.1) is 0 Å². The van der Waals surface area contributed by atoms with Crippen LogP contribution in [-0.4, -0.2) is 58.3 Å². The highest BCUT2D eigenvalue weighted by Crippen LogP contribution is 2.34. The second-order valence-electron chi connectivity index (χ2n) is 10.6. The molecule has 0 bridgehead atoms. The Labute approximate surface area is 246 Å². The zero-order valence-electron chi connectivity index (χ0n) is 24.6. The maximum Gasteiger partial charge on any atom is 0.417 e. The summed E-state index contributed by atoms with van der Waals surface area (Å²) in [5.41, 5.74) is 2.29. The van der Waals surface area contributed by atoms with E-state index >= 15 is 0 Å². The molecule has 3 rings (SSSR count). The second-order valence-corrected chi connectivity index (χ2v) is 10.6. The van der Waals surface area contributed by atoms with Gasteiger partial charge in [0, 0.05) is 25.5 Å². The molecule has 2 aromatic carbocycles. The molecular formula is C33H39NO8. The minimum absolute atomic E-state index is 0.0895. The Morgan fingerprint density at radius 1 is 1.02 bits per heavy atom. The van der Waals surface area contributed by atoms with Gasteiger partial charge in [-0.1, -0.05) is 73.0 Å². The largest absolute Gasteiger partial charge is 0.453 e. The fraction of sp³-hybridized carbons (Fsp3) is 0.424. The van der Waals surface area contributed by atoms with Crippen LogP contribution >= 0.6 is 0 Å². The standard InChI is InChI=1S/C33H39NO8/c1-21-13-12-16-26(19-21)27(28(37)17-10-5-6-11-18-35)20-29(38)30(41-24(4)36)22(2)32(39)34-23(3)31(42-33(34)40)25-14-8-7-9-15-25/h7-9,12-16,19-20,22-23,30-31,35H,5-6,10-11,17-18H2,1-4H3. The van der Waals surface area contributed by atoms with Crippen LogP contribution in [0.1, 0.15) is 75.7 Å². The molecule has 1 saturated heterocycles. The molecule has 9 heteroatoms. The van der Waals surface area contributed by atoms with Gasteiger partial charge in [0.1, 0.15) is 6.10 Å². The average molecular weight is 578 g/mol. The van der Waals surface area contributed by atoms with E-state index in [0.29, 0.717) is 18.4 Å². The Balaban J connectivity index is 1.88. The predicted molar refractivity (Wildman–Crippen MR) is 156 cm³/mol. The smallest absolute Gasteiger partial charge is 0.417 e. The maximum absolute atomic E-state index is 13.7. The van der Waals surface area contributed by atoms with Crippen LogP contribution in [0.25, 0.3) is 5.57 Å². The highest BCUT2D eigenvalue weighted by molar-refractivity contribution is 6.25. The third-order valence-corrected chi connectivity index (χ3v) is 7.28. The molecule has 4 unspecified atom stereocenters. The van der Waals surface area contributed by atoms with E-state index in [-0.39, 0.29) is 24.4 Å². The second kappa shape index (κ2) is 15.2. The number of cyclic esters (lactones) is 1. The molecule has 0 aliphatic carbocycles. The number of hydrogen-bond donors (Lipinski definition) is 1. The van der Waals surface area contributed by atoms with Crippen molar-refractivity contribution >= 4 is 35.1 Å². The molecule has 1 aliphatic rings. The average Bonchev–Trinajstić information content (AvgIpc) is 3.27. The molecular weight excluding hydrogens is 538 g/mol. The summed E-state index contributed by atoms with van der Waals surface area (Å²) in [4.78, 5) is 66.4. The number of nitrogens with zero attached hydrogens (tertiary/aromatic N) is 1. The first kappa shape index (κ1) is 32.4. The number of ether oxygens (including phenoxy) is 2. The van der Waals surface area contributed by atoms with Crippen LogP contribution in [-0.2, 0) is 28.7 Å². The van der Waals surface area contributed by atoms with Crippen LogP contribution in [0.5, 0.6) is 0 Å². The topological polar surface area (TPSA) is 127 Å². The lowest BCUT2D eigenvalue weighted by molar-refractivity contribution is -0.158. The molecule has 0 aromatic heterocycles. The van der Waals surface area contributed by atoms with E-state index in [0.717, 1.165) is 41.9 Å². The Kier molecular flexibility index (Phi) is 11.7. The van der Waals surface area contributed by atoms with Crippen LogP contribution in [0, 0.1) is 12.8 Å². The fourth-order valence-corrected chi connectivity index (χ4v) is 5.03. The Morgan fingerprint density at radius 3 is 2.36 bits per heavy atom. The molecule has 1 fully saturated rings.